The zero-order chi connectivity index (χ0) is 16.1. The van der Waals surface area contributed by atoms with E-state index in [-0.39, 0.29) is 0 Å². The lowest BCUT2D eigenvalue weighted by atomic mass is 9.41. The molecule has 22 heavy (non-hydrogen) atoms. The van der Waals surface area contributed by atoms with E-state index in [2.05, 4.69) is 52.7 Å². The number of nitrogens with two attached hydrogens (primary N) is 1. The molecule has 6 atom stereocenters. The minimum Gasteiger partial charge on any atom is -0.474 e. The Morgan fingerprint density at radius 3 is 2.68 bits per heavy atom. The summed E-state index contributed by atoms with van der Waals surface area (Å²) in [6.07, 6.45) is 10.8. The van der Waals surface area contributed by atoms with Crippen LogP contribution in [0.15, 0.2) is 23.8 Å². The molecule has 0 amide bonds. The molecule has 3 aliphatic rings. The van der Waals surface area contributed by atoms with Crippen LogP contribution in [-0.4, -0.2) is 5.54 Å². The smallest absolute Gasteiger partial charge is 0.0732 e. The summed E-state index contributed by atoms with van der Waals surface area (Å²) in [5, 5.41) is 2.29. The van der Waals surface area contributed by atoms with Crippen LogP contribution in [-0.2, 0) is 0 Å². The molecule has 2 N–H and O–H groups in total. The Morgan fingerprint density at radius 1 is 1.32 bits per heavy atom. The summed E-state index contributed by atoms with van der Waals surface area (Å²) in [4.78, 5) is 0. The summed E-state index contributed by atoms with van der Waals surface area (Å²) in [7, 11) is 4.25. The van der Waals surface area contributed by atoms with Gasteiger partial charge >= 0.3 is 0 Å². The number of rotatable bonds is 2. The number of quaternary nitrogens is 1. The van der Waals surface area contributed by atoms with Crippen molar-refractivity contribution in [1.29, 1.82) is 0 Å². The van der Waals surface area contributed by atoms with Gasteiger partial charge in [0.1, 0.15) is 0 Å². The second-order valence-electron chi connectivity index (χ2n) is 8.89. The van der Waals surface area contributed by atoms with Crippen molar-refractivity contribution in [1.82, 2.24) is 0 Å². The van der Waals surface area contributed by atoms with E-state index in [0.717, 1.165) is 17.8 Å². The molecule has 2 saturated carbocycles. The molecule has 1 nitrogen and oxygen atoms in total. The molecule has 1 spiro atoms. The highest BCUT2D eigenvalue weighted by molar-refractivity contribution is 5.27. The first-order valence-electron chi connectivity index (χ1n) is 9.32. The van der Waals surface area contributed by atoms with Gasteiger partial charge in [0.15, 0.2) is 0 Å². The van der Waals surface area contributed by atoms with Gasteiger partial charge in [0.25, 0.3) is 0 Å². The lowest BCUT2D eigenvalue weighted by molar-refractivity contribution is -0.689. The van der Waals surface area contributed by atoms with E-state index >= 15 is 0 Å². The monoisotopic (exact) mass is 301 g/mol. The summed E-state index contributed by atoms with van der Waals surface area (Å²) >= 11 is 0. The van der Waals surface area contributed by atoms with Crippen molar-refractivity contribution >= 4 is 0 Å². The lowest BCUT2D eigenvalue weighted by Gasteiger charge is -2.64. The Hall–Kier alpha value is -0.560. The van der Waals surface area contributed by atoms with Crippen LogP contribution in [0.4, 0.5) is 0 Å². The molecule has 0 heterocycles. The van der Waals surface area contributed by atoms with Crippen LogP contribution in [0.2, 0.25) is 0 Å². The highest BCUT2D eigenvalue weighted by atomic mass is 15.0. The standard InChI is InChI=1S/C21H35N/c1-14(2)17-9-8-16(4)18-11-12-20(5,22-6)19-10-7-15(3)13-21(17,18)19/h13,16-19H,1,6-12,22H2,2-5H3/t16-,17+,18+,19-,20-,21-/m0/s1. The second-order valence-corrected chi connectivity index (χ2v) is 8.89. The minimum absolute atomic E-state index is 0.304. The van der Waals surface area contributed by atoms with Crippen LogP contribution in [0.25, 0.3) is 0 Å². The van der Waals surface area contributed by atoms with Crippen LogP contribution in [0, 0.1) is 36.1 Å². The molecule has 0 radical (unpaired) electrons. The van der Waals surface area contributed by atoms with Gasteiger partial charge in [-0.15, -0.1) is 0 Å². The molecule has 0 aromatic heterocycles. The van der Waals surface area contributed by atoms with Crippen molar-refractivity contribution in [2.24, 2.45) is 29.1 Å². The fraction of sp³-hybridized carbons (Fsp3) is 0.762. The van der Waals surface area contributed by atoms with Crippen molar-refractivity contribution in [2.45, 2.75) is 71.8 Å². The van der Waals surface area contributed by atoms with Crippen molar-refractivity contribution in [2.75, 3.05) is 0 Å². The van der Waals surface area contributed by atoms with E-state index in [1.165, 1.54) is 44.1 Å². The van der Waals surface area contributed by atoms with Crippen LogP contribution in [0.5, 0.6) is 0 Å². The zero-order valence-electron chi connectivity index (χ0n) is 15.1. The van der Waals surface area contributed by atoms with Gasteiger partial charge in [-0.25, -0.2) is 0 Å². The quantitative estimate of drug-likeness (QED) is 0.572. The van der Waals surface area contributed by atoms with E-state index < -0.39 is 0 Å². The highest BCUT2D eigenvalue weighted by Crippen LogP contribution is 2.65. The van der Waals surface area contributed by atoms with Crippen molar-refractivity contribution in [3.05, 3.63) is 30.8 Å². The molecular formula is C21H35N. The van der Waals surface area contributed by atoms with Crippen LogP contribution < -0.4 is 5.32 Å². The fourth-order valence-electron chi connectivity index (χ4n) is 6.56. The molecule has 124 valence electrons. The normalized spacial score (nSPS) is 48.1. The molecule has 0 saturated heterocycles. The first-order valence-corrected chi connectivity index (χ1v) is 9.32. The number of hydrogen-bond donors (Lipinski definition) is 1. The maximum atomic E-state index is 4.42. The summed E-state index contributed by atoms with van der Waals surface area (Å²) < 4.78 is 0. The molecule has 1 heteroatoms. The van der Waals surface area contributed by atoms with Gasteiger partial charge in [0.05, 0.1) is 5.54 Å². The molecule has 3 rings (SSSR count). The third-order valence-corrected chi connectivity index (χ3v) is 7.62. The molecule has 3 aliphatic carbocycles. The van der Waals surface area contributed by atoms with E-state index in [9.17, 15) is 0 Å². The first-order chi connectivity index (χ1) is 10.3. The molecule has 2 fully saturated rings. The highest BCUT2D eigenvalue weighted by Gasteiger charge is 2.62. The Kier molecular flexibility index (Phi) is 4.08. The average Bonchev–Trinajstić information content (AvgIpc) is 2.46. The van der Waals surface area contributed by atoms with E-state index in [1.54, 1.807) is 5.57 Å². The Balaban J connectivity index is 2.17. The Morgan fingerprint density at radius 2 is 2.05 bits per heavy atom. The summed E-state index contributed by atoms with van der Waals surface area (Å²) in [5.41, 5.74) is 3.70. The number of hydrogen-bond acceptors (Lipinski definition) is 0. The predicted molar refractivity (Wildman–Crippen MR) is 94.0 cm³/mol. The van der Waals surface area contributed by atoms with Gasteiger partial charge in [-0.2, -0.15) is 7.05 Å². The van der Waals surface area contributed by atoms with Gasteiger partial charge in [0, 0.05) is 17.8 Å². The molecule has 0 bridgehead atoms. The topological polar surface area (TPSA) is 16.6 Å². The maximum absolute atomic E-state index is 4.42. The van der Waals surface area contributed by atoms with E-state index in [1.807, 2.05) is 0 Å². The van der Waals surface area contributed by atoms with Crippen LogP contribution in [0.3, 0.4) is 0 Å². The van der Waals surface area contributed by atoms with Gasteiger partial charge in [0.2, 0.25) is 0 Å². The van der Waals surface area contributed by atoms with Crippen LogP contribution in [0.1, 0.15) is 66.2 Å². The van der Waals surface area contributed by atoms with Gasteiger partial charge in [-0.3, -0.25) is 0 Å². The molecule has 0 aromatic carbocycles. The van der Waals surface area contributed by atoms with E-state index in [0.29, 0.717) is 16.9 Å². The minimum atomic E-state index is 0.304. The third-order valence-electron chi connectivity index (χ3n) is 7.62. The summed E-state index contributed by atoms with van der Waals surface area (Å²) in [6, 6.07) is 0. The Bertz CT molecular complexity index is 490. The van der Waals surface area contributed by atoms with Crippen molar-refractivity contribution in [3.8, 4) is 0 Å². The van der Waals surface area contributed by atoms with Gasteiger partial charge in [-0.05, 0) is 70.6 Å². The predicted octanol–water partition coefficient (Wildman–Crippen LogP) is 4.47. The molecular weight excluding hydrogens is 266 g/mol. The zero-order valence-corrected chi connectivity index (χ0v) is 15.1. The summed E-state index contributed by atoms with van der Waals surface area (Å²) in [5.74, 6) is 3.13. The Labute approximate surface area is 137 Å². The maximum Gasteiger partial charge on any atom is 0.0732 e. The SMILES string of the molecule is C=C(C)[C@H]1CC[C@H](C)[C@H]2CC[C@](C)([NH2+][CH2-])[C@@H]3CCC(C)=C[C@]123. The van der Waals surface area contributed by atoms with Crippen molar-refractivity contribution < 1.29 is 5.32 Å². The molecule has 0 aromatic rings. The second kappa shape index (κ2) is 5.51. The van der Waals surface area contributed by atoms with E-state index in [4.69, 9.17) is 0 Å². The van der Waals surface area contributed by atoms with Crippen LogP contribution >= 0.6 is 0 Å². The first kappa shape index (κ1) is 16.3. The molecule has 0 aliphatic heterocycles. The molecule has 0 unspecified atom stereocenters. The van der Waals surface area contributed by atoms with Gasteiger partial charge in [-0.1, -0.05) is 30.7 Å². The largest absolute Gasteiger partial charge is 0.474 e. The van der Waals surface area contributed by atoms with Crippen molar-refractivity contribution in [3.63, 3.8) is 0 Å². The average molecular weight is 302 g/mol. The fourth-order valence-corrected chi connectivity index (χ4v) is 6.56. The third kappa shape index (κ3) is 2.15. The summed E-state index contributed by atoms with van der Waals surface area (Å²) in [6.45, 7) is 14.0. The lowest BCUT2D eigenvalue weighted by Crippen LogP contribution is -2.94. The van der Waals surface area contributed by atoms with Gasteiger partial charge < -0.3 is 5.32 Å². The number of allylic oxidation sites excluding steroid dienone is 3.